The lowest BCUT2D eigenvalue weighted by atomic mass is 10.1. The van der Waals surface area contributed by atoms with Crippen LogP contribution >= 0.6 is 11.6 Å². The number of ether oxygens (including phenoxy) is 2. The molecule has 0 saturated carbocycles. The zero-order valence-electron chi connectivity index (χ0n) is 26.6. The van der Waals surface area contributed by atoms with Gasteiger partial charge in [-0.3, -0.25) is 13.9 Å². The van der Waals surface area contributed by atoms with E-state index in [1.54, 1.807) is 36.4 Å². The number of aryl methyl sites for hydroxylation is 2. The molecular formula is C33H42ClN3O6S. The van der Waals surface area contributed by atoms with Gasteiger partial charge in [0.05, 0.1) is 24.8 Å². The predicted molar refractivity (Wildman–Crippen MR) is 174 cm³/mol. The Balaban J connectivity index is 2.16. The Labute approximate surface area is 266 Å². The molecule has 1 N–H and O–H groups in total. The Morgan fingerprint density at radius 2 is 1.55 bits per heavy atom. The molecule has 44 heavy (non-hydrogen) atoms. The Bertz CT molecular complexity index is 1580. The number of hydrogen-bond acceptors (Lipinski definition) is 6. The van der Waals surface area contributed by atoms with E-state index in [-0.39, 0.29) is 23.1 Å². The fourth-order valence-corrected chi connectivity index (χ4v) is 6.52. The van der Waals surface area contributed by atoms with Crippen molar-refractivity contribution in [2.45, 2.75) is 71.0 Å². The number of nitrogens with zero attached hydrogens (tertiary/aromatic N) is 2. The Kier molecular flexibility index (Phi) is 11.3. The molecule has 2 amide bonds. The van der Waals surface area contributed by atoms with Crippen molar-refractivity contribution >= 4 is 39.1 Å². The molecule has 0 saturated heterocycles. The number of carbonyl (C=O) groups is 2. The molecule has 0 aliphatic rings. The normalized spacial score (nSPS) is 12.3. The third kappa shape index (κ3) is 8.45. The summed E-state index contributed by atoms with van der Waals surface area (Å²) in [4.78, 5) is 29.2. The quantitative estimate of drug-likeness (QED) is 0.264. The largest absolute Gasteiger partial charge is 0.493 e. The molecule has 3 aromatic rings. The first-order chi connectivity index (χ1) is 20.6. The number of benzene rings is 3. The average molecular weight is 644 g/mol. The third-order valence-corrected chi connectivity index (χ3v) is 9.04. The SMILES string of the molecule is CC[C@@H](C(=O)NC(C)(C)C)N(Cc1ccccc1Cl)C(=O)CN(c1cc(C)cc(C)c1)S(=O)(=O)c1ccc(OC)c(OC)c1. The van der Waals surface area contributed by atoms with Gasteiger partial charge in [-0.2, -0.15) is 0 Å². The zero-order chi connectivity index (χ0) is 32.8. The highest BCUT2D eigenvalue weighted by Gasteiger charge is 2.35. The van der Waals surface area contributed by atoms with Crippen LogP contribution in [-0.2, 0) is 26.2 Å². The summed E-state index contributed by atoms with van der Waals surface area (Å²) < 4.78 is 40.4. The molecule has 0 unspecified atom stereocenters. The molecule has 0 fully saturated rings. The average Bonchev–Trinajstić information content (AvgIpc) is 2.94. The first-order valence-electron chi connectivity index (χ1n) is 14.3. The van der Waals surface area contributed by atoms with E-state index in [0.29, 0.717) is 28.4 Å². The number of amides is 2. The van der Waals surface area contributed by atoms with E-state index < -0.39 is 34.1 Å². The van der Waals surface area contributed by atoms with Gasteiger partial charge < -0.3 is 19.7 Å². The molecule has 1 atom stereocenters. The van der Waals surface area contributed by atoms with Gasteiger partial charge in [0.25, 0.3) is 10.0 Å². The maximum atomic E-state index is 14.3. The van der Waals surface area contributed by atoms with Gasteiger partial charge >= 0.3 is 0 Å². The lowest BCUT2D eigenvalue weighted by molar-refractivity contribution is -0.141. The number of carbonyl (C=O) groups excluding carboxylic acids is 2. The van der Waals surface area contributed by atoms with Gasteiger partial charge in [-0.1, -0.05) is 42.8 Å². The van der Waals surface area contributed by atoms with Crippen LogP contribution in [0.3, 0.4) is 0 Å². The minimum atomic E-state index is -4.31. The van der Waals surface area contributed by atoms with Crippen LogP contribution in [0, 0.1) is 13.8 Å². The van der Waals surface area contributed by atoms with Gasteiger partial charge in [0, 0.05) is 23.2 Å². The van der Waals surface area contributed by atoms with Gasteiger partial charge in [0.2, 0.25) is 11.8 Å². The topological polar surface area (TPSA) is 105 Å². The van der Waals surface area contributed by atoms with Crippen LogP contribution in [0.1, 0.15) is 50.8 Å². The number of methoxy groups -OCH3 is 2. The maximum Gasteiger partial charge on any atom is 0.264 e. The summed E-state index contributed by atoms with van der Waals surface area (Å²) in [5.41, 5.74) is 2.04. The van der Waals surface area contributed by atoms with Gasteiger partial charge in [-0.05, 0) is 88.1 Å². The molecule has 11 heteroatoms. The lowest BCUT2D eigenvalue weighted by Crippen LogP contribution is -2.55. The monoisotopic (exact) mass is 643 g/mol. The smallest absolute Gasteiger partial charge is 0.264 e. The highest BCUT2D eigenvalue weighted by molar-refractivity contribution is 7.92. The van der Waals surface area contributed by atoms with Crippen molar-refractivity contribution in [1.82, 2.24) is 10.2 Å². The second-order valence-electron chi connectivity index (χ2n) is 11.7. The summed E-state index contributed by atoms with van der Waals surface area (Å²) in [6, 6.07) is 15.8. The second-order valence-corrected chi connectivity index (χ2v) is 13.9. The Morgan fingerprint density at radius 1 is 0.932 bits per heavy atom. The van der Waals surface area contributed by atoms with Crippen molar-refractivity contribution in [3.8, 4) is 11.5 Å². The number of anilines is 1. The van der Waals surface area contributed by atoms with Crippen molar-refractivity contribution < 1.29 is 27.5 Å². The molecule has 0 spiro atoms. The fourth-order valence-electron chi connectivity index (χ4n) is 4.91. The molecule has 3 rings (SSSR count). The van der Waals surface area contributed by atoms with Crippen LogP contribution in [-0.4, -0.2) is 57.5 Å². The Morgan fingerprint density at radius 3 is 2.09 bits per heavy atom. The van der Waals surface area contributed by atoms with Crippen LogP contribution in [0.2, 0.25) is 5.02 Å². The third-order valence-electron chi connectivity index (χ3n) is 6.90. The summed E-state index contributed by atoms with van der Waals surface area (Å²) >= 11 is 6.48. The zero-order valence-corrected chi connectivity index (χ0v) is 28.2. The summed E-state index contributed by atoms with van der Waals surface area (Å²) in [5.74, 6) is -0.322. The number of sulfonamides is 1. The second kappa shape index (κ2) is 14.3. The first kappa shape index (κ1) is 34.7. The summed E-state index contributed by atoms with van der Waals surface area (Å²) in [7, 11) is -1.44. The van der Waals surface area contributed by atoms with Crippen LogP contribution in [0.25, 0.3) is 0 Å². The van der Waals surface area contributed by atoms with Gasteiger partial charge in [-0.15, -0.1) is 0 Å². The number of halogens is 1. The fraction of sp³-hybridized carbons (Fsp3) is 0.394. The van der Waals surface area contributed by atoms with Crippen molar-refractivity contribution in [2.24, 2.45) is 0 Å². The van der Waals surface area contributed by atoms with E-state index >= 15 is 0 Å². The number of nitrogens with one attached hydrogen (secondary N) is 1. The molecule has 238 valence electrons. The Hall–Kier alpha value is -3.76. The van der Waals surface area contributed by atoms with E-state index in [1.807, 2.05) is 47.6 Å². The van der Waals surface area contributed by atoms with Crippen LogP contribution in [0.4, 0.5) is 5.69 Å². The van der Waals surface area contributed by atoms with E-state index in [1.165, 1.54) is 37.3 Å². The molecule has 3 aromatic carbocycles. The predicted octanol–water partition coefficient (Wildman–Crippen LogP) is 5.89. The van der Waals surface area contributed by atoms with Gasteiger partial charge in [-0.25, -0.2) is 8.42 Å². The highest BCUT2D eigenvalue weighted by Crippen LogP contribution is 2.33. The van der Waals surface area contributed by atoms with Crippen molar-refractivity contribution in [3.05, 3.63) is 82.4 Å². The first-order valence-corrected chi connectivity index (χ1v) is 16.1. The lowest BCUT2D eigenvalue weighted by Gasteiger charge is -2.35. The maximum absolute atomic E-state index is 14.3. The molecule has 0 aromatic heterocycles. The highest BCUT2D eigenvalue weighted by atomic mass is 35.5. The van der Waals surface area contributed by atoms with E-state index in [9.17, 15) is 18.0 Å². The van der Waals surface area contributed by atoms with E-state index in [4.69, 9.17) is 21.1 Å². The van der Waals surface area contributed by atoms with E-state index in [0.717, 1.165) is 15.4 Å². The van der Waals surface area contributed by atoms with Crippen LogP contribution in [0.15, 0.2) is 65.6 Å². The molecule has 0 aliphatic carbocycles. The van der Waals surface area contributed by atoms with Crippen molar-refractivity contribution in [3.63, 3.8) is 0 Å². The molecule has 0 bridgehead atoms. The van der Waals surface area contributed by atoms with Gasteiger partial charge in [0.15, 0.2) is 11.5 Å². The number of rotatable bonds is 12. The summed E-state index contributed by atoms with van der Waals surface area (Å²) in [6.07, 6.45) is 0.296. The molecule has 0 aliphatic heterocycles. The van der Waals surface area contributed by atoms with Gasteiger partial charge in [0.1, 0.15) is 12.6 Å². The standard InChI is InChI=1S/C33H42ClN3O6S/c1-9-28(32(39)35-33(4,5)6)36(20-24-12-10-11-13-27(24)34)31(38)21-37(25-17-22(2)16-23(3)18-25)44(40,41)26-14-15-29(42-7)30(19-26)43-8/h10-19,28H,9,20-21H2,1-8H3,(H,35,39)/t28-/m0/s1. The van der Waals surface area contributed by atoms with Crippen molar-refractivity contribution in [1.29, 1.82) is 0 Å². The minimum Gasteiger partial charge on any atom is -0.493 e. The molecule has 0 radical (unpaired) electrons. The molecule has 0 heterocycles. The summed E-state index contributed by atoms with van der Waals surface area (Å²) in [5, 5.41) is 3.39. The van der Waals surface area contributed by atoms with Crippen molar-refractivity contribution in [2.75, 3.05) is 25.1 Å². The molecule has 9 nitrogen and oxygen atoms in total. The summed E-state index contributed by atoms with van der Waals surface area (Å²) in [6.45, 7) is 10.5. The van der Waals surface area contributed by atoms with Crippen LogP contribution in [0.5, 0.6) is 11.5 Å². The number of hydrogen-bond donors (Lipinski definition) is 1. The minimum absolute atomic E-state index is 0.00562. The van der Waals surface area contributed by atoms with E-state index in [2.05, 4.69) is 5.32 Å². The van der Waals surface area contributed by atoms with Crippen LogP contribution < -0.4 is 19.1 Å². The molecular weight excluding hydrogens is 602 g/mol.